The van der Waals surface area contributed by atoms with Crippen molar-refractivity contribution in [2.75, 3.05) is 0 Å². The predicted molar refractivity (Wildman–Crippen MR) is 324 cm³/mol. The van der Waals surface area contributed by atoms with Gasteiger partial charge in [-0.25, -0.2) is 0 Å². The Hall–Kier alpha value is -1.75. The molecule has 0 bridgehead atoms. The molecule has 0 spiro atoms. The van der Waals surface area contributed by atoms with Crippen LogP contribution in [0.3, 0.4) is 0 Å². The average molecular weight is 1590 g/mol. The van der Waals surface area contributed by atoms with Crippen molar-refractivity contribution in [3.8, 4) is 0 Å². The summed E-state index contributed by atoms with van der Waals surface area (Å²) >= 11 is -0.837. The number of amides is 2. The summed E-state index contributed by atoms with van der Waals surface area (Å²) in [7, 11) is 0. The van der Waals surface area contributed by atoms with E-state index in [9.17, 15) is 19.2 Å². The molecule has 0 saturated carbocycles. The number of hydrogen-bond acceptors (Lipinski definition) is 4. The van der Waals surface area contributed by atoms with Crippen molar-refractivity contribution in [2.24, 2.45) is 0 Å². The molecule has 0 aliphatic heterocycles. The number of aryl methyl sites for hydroxylation is 2. The summed E-state index contributed by atoms with van der Waals surface area (Å²) in [5, 5.41) is 5.94. The summed E-state index contributed by atoms with van der Waals surface area (Å²) in [6, 6.07) is 47.5. The summed E-state index contributed by atoms with van der Waals surface area (Å²) in [5.41, 5.74) is 6.73. The number of nitrogens with one attached hydrogen (secondary N) is 2. The second kappa shape index (κ2) is 31.9. The Morgan fingerprint density at radius 3 is 1.10 bits per heavy atom. The zero-order valence-corrected chi connectivity index (χ0v) is 59.2. The van der Waals surface area contributed by atoms with Crippen LogP contribution in [0, 0.1) is 7.14 Å². The maximum absolute atomic E-state index is 12.9. The molecule has 370 valence electrons. The summed E-state index contributed by atoms with van der Waals surface area (Å²) in [6.45, 7) is 0.947. The molecule has 0 atom stereocenters. The molecule has 12 heteroatoms. The van der Waals surface area contributed by atoms with Gasteiger partial charge in [0.1, 0.15) is 0 Å². The first-order chi connectivity index (χ1) is 32.9. The normalized spacial score (nSPS) is 11.0. The topological polar surface area (TPSA) is 92.3 Å². The van der Waals surface area contributed by atoms with E-state index in [0.29, 0.717) is 54.6 Å². The third-order valence-electron chi connectivity index (χ3n) is 10.4. The Morgan fingerprint density at radius 2 is 0.714 bits per heavy atom. The number of halogens is 2. The van der Waals surface area contributed by atoms with Gasteiger partial charge >= 0.3 is 284 Å². The monoisotopic (exact) mass is 1600 g/mol. The Kier molecular flexibility index (Phi) is 28.5. The maximum atomic E-state index is 12.9. The van der Waals surface area contributed by atoms with Crippen molar-refractivity contribution in [1.29, 1.82) is 0 Å². The molecule has 2 amide bonds. The molecular formula is C58H74I2N2O4Sn4. The van der Waals surface area contributed by atoms with Gasteiger partial charge < -0.3 is 5.32 Å². The van der Waals surface area contributed by atoms with E-state index in [-0.39, 0.29) is 23.4 Å². The molecule has 70 heavy (non-hydrogen) atoms. The van der Waals surface area contributed by atoms with Crippen molar-refractivity contribution in [2.45, 2.75) is 98.0 Å². The number of carbonyl (C=O) groups is 4. The van der Waals surface area contributed by atoms with Crippen molar-refractivity contribution in [3.63, 3.8) is 0 Å². The van der Waals surface area contributed by atoms with Crippen molar-refractivity contribution < 1.29 is 19.2 Å². The quantitative estimate of drug-likeness (QED) is 0.0574. The van der Waals surface area contributed by atoms with Gasteiger partial charge in [-0.05, 0) is 99.1 Å². The third kappa shape index (κ3) is 25.0. The summed E-state index contributed by atoms with van der Waals surface area (Å²) in [5.74, 6) is -0.202. The molecule has 0 saturated heterocycles. The van der Waals surface area contributed by atoms with Crippen LogP contribution in [0.1, 0.15) is 76.5 Å². The minimum atomic E-state index is -2.14. The summed E-state index contributed by atoms with van der Waals surface area (Å²) < 4.78 is 5.22. The van der Waals surface area contributed by atoms with Gasteiger partial charge in [0.05, 0.1) is 0 Å². The van der Waals surface area contributed by atoms with E-state index in [1.54, 1.807) is 48.5 Å². The Balaban J connectivity index is 0.000000325. The molecule has 0 unspecified atom stereocenters. The molecule has 6 nitrogen and oxygen atoms in total. The Morgan fingerprint density at radius 1 is 0.414 bits per heavy atom. The van der Waals surface area contributed by atoms with Crippen LogP contribution in [0.2, 0.25) is 59.3 Å². The molecular weight excluding hydrogens is 1520 g/mol. The van der Waals surface area contributed by atoms with E-state index in [0.717, 1.165) is 30.3 Å². The number of Topliss-reactive ketones (excluding diaryl/α,β-unsaturated/α-hetero) is 2. The van der Waals surface area contributed by atoms with Gasteiger partial charge in [-0.1, -0.05) is 36.4 Å². The van der Waals surface area contributed by atoms with Crippen LogP contribution in [-0.2, 0) is 25.9 Å². The van der Waals surface area contributed by atoms with Crippen LogP contribution in [0.15, 0.2) is 146 Å². The van der Waals surface area contributed by atoms with Crippen molar-refractivity contribution in [3.05, 3.63) is 197 Å². The van der Waals surface area contributed by atoms with Crippen molar-refractivity contribution in [1.82, 2.24) is 10.6 Å². The molecule has 6 aromatic carbocycles. The van der Waals surface area contributed by atoms with E-state index in [1.165, 1.54) is 12.7 Å². The molecule has 6 aromatic rings. The molecule has 2 radical (unpaired) electrons. The van der Waals surface area contributed by atoms with Gasteiger partial charge in [0.2, 0.25) is 0 Å². The number of rotatable bonds is 16. The zero-order chi connectivity index (χ0) is 52.0. The fourth-order valence-electron chi connectivity index (χ4n) is 6.72. The van der Waals surface area contributed by atoms with Crippen LogP contribution in [0.5, 0.6) is 0 Å². The van der Waals surface area contributed by atoms with Gasteiger partial charge in [0, 0.05) is 31.2 Å². The fraction of sp³-hybridized carbons (Fsp3) is 0.310. The SMILES string of the molecule is O=C(CCc1cccc(I)c1)c1cccc(C(=O)NCc2cccc(I)c2)c1.[CH3][Sn]([CH3])([CH3])[c]1cccc(CCC(=O)c2cccc(C(=O)NCc3ccc[c]([Sn]([CH3])([CH3])[CH3])c3)c2)c1.[CH3][Sn]([CH3])[CH3].[CH3][Sn]([CH3])[CH3]. The van der Waals surface area contributed by atoms with E-state index in [2.05, 4.69) is 170 Å². The summed E-state index contributed by atoms with van der Waals surface area (Å²) in [6.07, 6.45) is 2.28. The van der Waals surface area contributed by atoms with Gasteiger partial charge in [0.25, 0.3) is 5.91 Å². The van der Waals surface area contributed by atoms with Crippen LogP contribution >= 0.6 is 45.2 Å². The van der Waals surface area contributed by atoms with Gasteiger partial charge in [-0.15, -0.1) is 0 Å². The Bertz CT molecular complexity index is 2460. The van der Waals surface area contributed by atoms with Crippen LogP contribution in [0.25, 0.3) is 0 Å². The number of ketones is 2. The van der Waals surface area contributed by atoms with Crippen molar-refractivity contribution >= 4 is 152 Å². The fourth-order valence-corrected chi connectivity index (χ4v) is 14.9. The van der Waals surface area contributed by atoms with Gasteiger partial charge in [-0.2, -0.15) is 0 Å². The molecule has 0 aromatic heterocycles. The van der Waals surface area contributed by atoms with E-state index < -0.39 is 76.3 Å². The van der Waals surface area contributed by atoms with Crippen LogP contribution in [-0.4, -0.2) is 99.7 Å². The first-order valence-electron chi connectivity index (χ1n) is 24.0. The first-order valence-corrected chi connectivity index (χ1v) is 63.2. The molecule has 2 N–H and O–H groups in total. The van der Waals surface area contributed by atoms with E-state index in [4.69, 9.17) is 0 Å². The van der Waals surface area contributed by atoms with Gasteiger partial charge in [0.15, 0.2) is 5.78 Å². The summed E-state index contributed by atoms with van der Waals surface area (Å²) in [4.78, 5) is 79.2. The first kappa shape index (κ1) is 62.6. The Labute approximate surface area is 470 Å². The van der Waals surface area contributed by atoms with Gasteiger partial charge in [-0.3, -0.25) is 9.59 Å². The minimum absolute atomic E-state index is 0.0473. The third-order valence-corrected chi connectivity index (χ3v) is 23.4. The molecule has 0 fully saturated rings. The molecule has 0 aliphatic rings. The number of carbonyl (C=O) groups excluding carboxylic acids is 4. The van der Waals surface area contributed by atoms with E-state index >= 15 is 0 Å². The average Bonchev–Trinajstić information content (AvgIpc) is 3.30. The zero-order valence-electron chi connectivity index (χ0n) is 43.5. The number of hydrogen-bond donors (Lipinski definition) is 2. The standard InChI is InChI=1S/C23H19I2NO2.C23H19NO2.12CH3.4Sn/c24-20-8-1-4-16(12-20)10-11-22(27)18-6-3-7-19(14-18)23(28)26-15-17-5-2-9-21(25)13-17;25-22(15-14-18-8-3-1-4-9-18)20-12-7-13-21(16-20)23(26)24-17-19-10-5-2-6-11-19;;;;;;;;;;;;;;;;/h1-9,12-14H,10-11,15H2,(H,26,28);1-3,5,7-13,16H,14-15,17H2,(H,24,26);12*1H3;;;;. The molecule has 0 heterocycles. The second-order valence-corrected chi connectivity index (χ2v) is 69.1. The molecule has 0 aliphatic carbocycles. The van der Waals surface area contributed by atoms with Crippen LogP contribution < -0.4 is 17.8 Å². The predicted octanol–water partition coefficient (Wildman–Crippen LogP) is 13.9. The number of benzene rings is 6. The van der Waals surface area contributed by atoms with E-state index in [1.807, 2.05) is 42.5 Å². The second-order valence-electron chi connectivity index (χ2n) is 20.5. The molecule has 6 rings (SSSR count). The van der Waals surface area contributed by atoms with Crippen LogP contribution in [0.4, 0.5) is 0 Å².